The molecule has 1 aliphatic carbocycles. The molecule has 0 N–H and O–H groups in total. The minimum absolute atomic E-state index is 0.00113. The third kappa shape index (κ3) is 2.75. The largest absolute Gasteiger partial charge is 0.337 e. The lowest BCUT2D eigenvalue weighted by Crippen LogP contribution is -2.48. The number of benzene rings is 1. The fourth-order valence-electron chi connectivity index (χ4n) is 4.40. The maximum absolute atomic E-state index is 13.1. The van der Waals surface area contributed by atoms with Crippen LogP contribution in [0.2, 0.25) is 0 Å². The Morgan fingerprint density at radius 1 is 1.12 bits per heavy atom. The number of carbonyl (C=O) groups is 2. The van der Waals surface area contributed by atoms with Crippen molar-refractivity contribution in [1.29, 1.82) is 0 Å². The Bertz CT molecular complexity index is 876. The molecule has 0 unspecified atom stereocenters. The van der Waals surface area contributed by atoms with Gasteiger partial charge in [-0.25, -0.2) is 0 Å². The van der Waals surface area contributed by atoms with Crippen LogP contribution in [-0.2, 0) is 4.79 Å². The van der Waals surface area contributed by atoms with Crippen LogP contribution in [0.25, 0.3) is 10.9 Å². The molecule has 2 aromatic rings. The first kappa shape index (κ1) is 15.8. The molecule has 1 aromatic heterocycles. The zero-order chi connectivity index (χ0) is 17.7. The molecule has 0 spiro atoms. The lowest BCUT2D eigenvalue weighted by Gasteiger charge is -2.36. The van der Waals surface area contributed by atoms with E-state index in [1.807, 2.05) is 35.2 Å². The molecule has 5 heteroatoms. The highest BCUT2D eigenvalue weighted by molar-refractivity contribution is 5.97. The molecule has 2 bridgehead atoms. The van der Waals surface area contributed by atoms with Crippen LogP contribution in [0.15, 0.2) is 36.5 Å². The topological polar surface area (TPSA) is 53.5 Å². The molecule has 6 rings (SSSR count). The van der Waals surface area contributed by atoms with Gasteiger partial charge in [0.2, 0.25) is 5.91 Å². The van der Waals surface area contributed by atoms with Crippen LogP contribution in [0.4, 0.5) is 0 Å². The number of pyridine rings is 1. The maximum atomic E-state index is 13.1. The van der Waals surface area contributed by atoms with E-state index in [0.29, 0.717) is 24.6 Å². The van der Waals surface area contributed by atoms with Gasteiger partial charge in [0.1, 0.15) is 0 Å². The van der Waals surface area contributed by atoms with Crippen LogP contribution < -0.4 is 0 Å². The smallest absolute Gasteiger partial charge is 0.255 e. The minimum Gasteiger partial charge on any atom is -0.337 e. The summed E-state index contributed by atoms with van der Waals surface area (Å²) in [6, 6.07) is 9.93. The summed E-state index contributed by atoms with van der Waals surface area (Å²) in [5, 5.41) is 0.975. The molecule has 1 saturated carbocycles. The molecule has 26 heavy (non-hydrogen) atoms. The molecule has 2 atom stereocenters. The summed E-state index contributed by atoms with van der Waals surface area (Å²) in [7, 11) is 0. The summed E-state index contributed by atoms with van der Waals surface area (Å²) in [5.41, 5.74) is 1.51. The zero-order valence-corrected chi connectivity index (χ0v) is 14.8. The van der Waals surface area contributed by atoms with Crippen molar-refractivity contribution in [3.8, 4) is 0 Å². The van der Waals surface area contributed by atoms with E-state index in [1.165, 1.54) is 12.8 Å². The number of hydrogen-bond acceptors (Lipinski definition) is 3. The maximum Gasteiger partial charge on any atom is 0.255 e. The molecular weight excluding hydrogens is 326 g/mol. The van der Waals surface area contributed by atoms with Crippen LogP contribution in [0, 0.1) is 11.8 Å². The van der Waals surface area contributed by atoms with Gasteiger partial charge in [0, 0.05) is 37.3 Å². The summed E-state index contributed by atoms with van der Waals surface area (Å²) in [5.74, 6) is 0.915. The predicted octanol–water partition coefficient (Wildman–Crippen LogP) is 2.71. The van der Waals surface area contributed by atoms with Gasteiger partial charge in [-0.2, -0.15) is 0 Å². The summed E-state index contributed by atoms with van der Waals surface area (Å²) in [6.07, 6.45) is 6.08. The van der Waals surface area contributed by atoms with Crippen LogP contribution in [0.1, 0.15) is 36.0 Å². The van der Waals surface area contributed by atoms with E-state index < -0.39 is 0 Å². The number of amides is 2. The first-order valence-electron chi connectivity index (χ1n) is 9.63. The summed E-state index contributed by atoms with van der Waals surface area (Å²) < 4.78 is 0. The Labute approximate surface area is 153 Å². The van der Waals surface area contributed by atoms with E-state index in [-0.39, 0.29) is 23.8 Å². The number of piperidine rings is 1. The molecule has 134 valence electrons. The summed E-state index contributed by atoms with van der Waals surface area (Å²) in [6.45, 7) is 2.09. The Hall–Kier alpha value is -2.43. The highest BCUT2D eigenvalue weighted by atomic mass is 16.2. The van der Waals surface area contributed by atoms with E-state index in [0.717, 1.165) is 30.3 Å². The van der Waals surface area contributed by atoms with E-state index in [2.05, 4.69) is 9.88 Å². The molecule has 0 radical (unpaired) electrons. The van der Waals surface area contributed by atoms with Crippen molar-refractivity contribution >= 4 is 22.7 Å². The highest BCUT2D eigenvalue weighted by Crippen LogP contribution is 2.35. The van der Waals surface area contributed by atoms with Gasteiger partial charge in [0.15, 0.2) is 0 Å². The highest BCUT2D eigenvalue weighted by Gasteiger charge is 2.43. The Morgan fingerprint density at radius 2 is 1.96 bits per heavy atom. The van der Waals surface area contributed by atoms with Crippen LogP contribution in [0.5, 0.6) is 0 Å². The van der Waals surface area contributed by atoms with Crippen molar-refractivity contribution in [3.05, 3.63) is 42.1 Å². The monoisotopic (exact) mass is 349 g/mol. The average Bonchev–Trinajstić information content (AvgIpc) is 3.51. The van der Waals surface area contributed by atoms with E-state index >= 15 is 0 Å². The van der Waals surface area contributed by atoms with Gasteiger partial charge in [-0.1, -0.05) is 18.2 Å². The van der Waals surface area contributed by atoms with Crippen molar-refractivity contribution in [1.82, 2.24) is 14.8 Å². The number of carbonyl (C=O) groups excluding carboxylic acids is 2. The van der Waals surface area contributed by atoms with Crippen molar-refractivity contribution in [3.63, 3.8) is 0 Å². The van der Waals surface area contributed by atoms with E-state index in [4.69, 9.17) is 0 Å². The third-order valence-electron chi connectivity index (χ3n) is 6.07. The Morgan fingerprint density at radius 3 is 2.81 bits per heavy atom. The molecule has 3 aliphatic heterocycles. The second kappa shape index (κ2) is 6.08. The molecule has 4 heterocycles. The van der Waals surface area contributed by atoms with Crippen molar-refractivity contribution in [2.75, 3.05) is 19.6 Å². The molecule has 4 aliphatic rings. The molecule has 5 nitrogen and oxygen atoms in total. The second-order valence-corrected chi connectivity index (χ2v) is 7.99. The molecule has 4 fully saturated rings. The van der Waals surface area contributed by atoms with E-state index in [9.17, 15) is 9.59 Å². The van der Waals surface area contributed by atoms with Gasteiger partial charge in [-0.15, -0.1) is 0 Å². The Kier molecular flexibility index (Phi) is 3.69. The van der Waals surface area contributed by atoms with Gasteiger partial charge < -0.3 is 9.80 Å². The van der Waals surface area contributed by atoms with Crippen LogP contribution >= 0.6 is 0 Å². The average molecular weight is 349 g/mol. The van der Waals surface area contributed by atoms with Crippen LogP contribution in [-0.4, -0.2) is 52.3 Å². The number of nitrogens with zero attached hydrogens (tertiary/aromatic N) is 3. The number of rotatable bonds is 3. The summed E-state index contributed by atoms with van der Waals surface area (Å²) >= 11 is 0. The minimum atomic E-state index is -0.0372. The summed E-state index contributed by atoms with van der Waals surface area (Å²) in [4.78, 5) is 34.3. The van der Waals surface area contributed by atoms with Gasteiger partial charge >= 0.3 is 0 Å². The lowest BCUT2D eigenvalue weighted by atomic mass is 9.94. The Balaban J connectivity index is 1.40. The number of para-hydroxylation sites is 1. The van der Waals surface area contributed by atoms with Crippen molar-refractivity contribution in [2.45, 2.75) is 31.7 Å². The molecule has 2 amide bonds. The SMILES string of the molecule is O=C(c1cnc2ccccc2c1)N1C[C@@H]2CC[C@H](C1)N(CC1CC1)C2=O. The normalized spacial score (nSPS) is 25.6. The zero-order valence-electron chi connectivity index (χ0n) is 14.8. The number of aromatic nitrogens is 1. The predicted molar refractivity (Wildman–Crippen MR) is 98.6 cm³/mol. The number of fused-ring (bicyclic) bond motifs is 5. The third-order valence-corrected chi connectivity index (χ3v) is 6.07. The fraction of sp³-hybridized carbons (Fsp3) is 0.476. The van der Waals surface area contributed by atoms with Gasteiger partial charge in [0.05, 0.1) is 17.0 Å². The lowest BCUT2D eigenvalue weighted by molar-refractivity contribution is -0.140. The van der Waals surface area contributed by atoms with Gasteiger partial charge in [0.25, 0.3) is 5.91 Å². The van der Waals surface area contributed by atoms with Crippen molar-refractivity contribution < 1.29 is 9.59 Å². The van der Waals surface area contributed by atoms with Gasteiger partial charge in [-0.3, -0.25) is 14.6 Å². The molecular formula is C21H23N3O2. The second-order valence-electron chi connectivity index (χ2n) is 7.99. The standard InChI is InChI=1S/C21H23N3O2/c25-20(17-9-15-3-1-2-4-19(15)22-10-17)23-12-16-7-8-18(13-23)24(21(16)26)11-14-5-6-14/h1-4,9-10,14,16,18H,5-8,11-13H2/t16-,18+/m0/s1. The first-order valence-corrected chi connectivity index (χ1v) is 9.63. The quantitative estimate of drug-likeness (QED) is 0.856. The molecule has 1 aromatic carbocycles. The fourth-order valence-corrected chi connectivity index (χ4v) is 4.40. The van der Waals surface area contributed by atoms with Gasteiger partial charge in [-0.05, 0) is 43.7 Å². The number of hydrogen-bond donors (Lipinski definition) is 0. The van der Waals surface area contributed by atoms with Crippen LogP contribution in [0.3, 0.4) is 0 Å². The first-order chi connectivity index (χ1) is 12.7. The molecule has 3 saturated heterocycles. The van der Waals surface area contributed by atoms with E-state index in [1.54, 1.807) is 6.20 Å². The van der Waals surface area contributed by atoms with Crippen molar-refractivity contribution in [2.24, 2.45) is 11.8 Å².